The lowest BCUT2D eigenvalue weighted by Crippen LogP contribution is -2.29. The van der Waals surface area contributed by atoms with Gasteiger partial charge in [-0.2, -0.15) is 0 Å². The molecule has 0 aromatic rings. The van der Waals surface area contributed by atoms with Crippen molar-refractivity contribution in [2.75, 3.05) is 0 Å². The summed E-state index contributed by atoms with van der Waals surface area (Å²) in [6, 6.07) is 0. The smallest absolute Gasteiger partial charge is 0.0386 e. The average molecular weight is 291 g/mol. The van der Waals surface area contributed by atoms with E-state index in [0.29, 0.717) is 0 Å². The molecule has 21 heavy (non-hydrogen) atoms. The van der Waals surface area contributed by atoms with Crippen LogP contribution in [0.1, 0.15) is 97.3 Å². The third-order valence-electron chi connectivity index (χ3n) is 7.68. The Morgan fingerprint density at radius 2 is 0.857 bits per heavy atom. The monoisotopic (exact) mass is 290 g/mol. The van der Waals surface area contributed by atoms with E-state index in [2.05, 4.69) is 13.8 Å². The van der Waals surface area contributed by atoms with Crippen LogP contribution < -0.4 is 0 Å². The van der Waals surface area contributed by atoms with Crippen molar-refractivity contribution in [3.63, 3.8) is 0 Å². The highest BCUT2D eigenvalue weighted by molar-refractivity contribution is 4.85. The Kier molecular flexibility index (Phi) is 5.68. The van der Waals surface area contributed by atoms with Crippen LogP contribution in [0.5, 0.6) is 0 Å². The van der Waals surface area contributed by atoms with Gasteiger partial charge in [-0.05, 0) is 86.9 Å². The lowest BCUT2D eigenvalue weighted by molar-refractivity contribution is 0.106. The van der Waals surface area contributed by atoms with Gasteiger partial charge in [-0.15, -0.1) is 0 Å². The topological polar surface area (TPSA) is 0 Å². The molecule has 0 aromatic carbocycles. The summed E-state index contributed by atoms with van der Waals surface area (Å²) in [4.78, 5) is 0. The van der Waals surface area contributed by atoms with E-state index < -0.39 is 0 Å². The van der Waals surface area contributed by atoms with Crippen LogP contribution >= 0.6 is 0 Å². The maximum Gasteiger partial charge on any atom is -0.0386 e. The fourth-order valence-electron chi connectivity index (χ4n) is 5.91. The van der Waals surface area contributed by atoms with Crippen LogP contribution in [0, 0.1) is 35.5 Å². The first-order valence-electron chi connectivity index (χ1n) is 10.3. The average Bonchev–Trinajstić information content (AvgIpc) is 2.56. The molecular weight excluding hydrogens is 252 g/mol. The summed E-state index contributed by atoms with van der Waals surface area (Å²) in [5.74, 6) is 6.54. The normalized spacial score (nSPS) is 45.4. The van der Waals surface area contributed by atoms with Crippen molar-refractivity contribution >= 4 is 0 Å². The molecule has 0 heteroatoms. The van der Waals surface area contributed by atoms with Gasteiger partial charge in [-0.3, -0.25) is 0 Å². The summed E-state index contributed by atoms with van der Waals surface area (Å²) in [6.45, 7) is 4.85. The third kappa shape index (κ3) is 4.05. The molecule has 0 aromatic heterocycles. The second kappa shape index (κ2) is 7.51. The fraction of sp³-hybridized carbons (Fsp3) is 1.00. The van der Waals surface area contributed by atoms with Crippen LogP contribution in [0.4, 0.5) is 0 Å². The second-order valence-corrected chi connectivity index (χ2v) is 8.88. The lowest BCUT2D eigenvalue weighted by Gasteiger charge is -2.41. The highest BCUT2D eigenvalue weighted by Crippen LogP contribution is 2.46. The Morgan fingerprint density at radius 1 is 0.524 bits per heavy atom. The van der Waals surface area contributed by atoms with Gasteiger partial charge in [0.05, 0.1) is 0 Å². The molecule has 0 saturated heterocycles. The number of hydrogen-bond donors (Lipinski definition) is 0. The molecule has 0 nitrogen and oxygen atoms in total. The Balaban J connectivity index is 1.41. The van der Waals surface area contributed by atoms with Crippen molar-refractivity contribution in [2.24, 2.45) is 35.5 Å². The van der Waals surface area contributed by atoms with E-state index in [0.717, 1.165) is 35.5 Å². The van der Waals surface area contributed by atoms with Crippen LogP contribution in [0.25, 0.3) is 0 Å². The minimum absolute atomic E-state index is 1.02. The first kappa shape index (κ1) is 15.9. The lowest BCUT2D eigenvalue weighted by atomic mass is 9.65. The van der Waals surface area contributed by atoms with E-state index in [1.807, 2.05) is 0 Å². The molecule has 0 amide bonds. The molecule has 3 aliphatic rings. The molecule has 3 saturated carbocycles. The largest absolute Gasteiger partial charge is 0.0651 e. The molecule has 0 radical (unpaired) electrons. The zero-order valence-electron chi connectivity index (χ0n) is 14.7. The van der Waals surface area contributed by atoms with E-state index in [1.165, 1.54) is 19.3 Å². The van der Waals surface area contributed by atoms with Gasteiger partial charge >= 0.3 is 0 Å². The Hall–Kier alpha value is 0. The summed E-state index contributed by atoms with van der Waals surface area (Å²) in [7, 11) is 0. The Morgan fingerprint density at radius 3 is 1.24 bits per heavy atom. The summed E-state index contributed by atoms with van der Waals surface area (Å²) in [5.41, 5.74) is 0. The summed E-state index contributed by atoms with van der Waals surface area (Å²) >= 11 is 0. The maximum absolute atomic E-state index is 2.46. The van der Waals surface area contributed by atoms with E-state index in [9.17, 15) is 0 Å². The SMILES string of the molecule is CCC1CCC(C2CCC(C3CCC(C)CC3)CC2)CC1. The van der Waals surface area contributed by atoms with Crippen molar-refractivity contribution in [1.82, 2.24) is 0 Å². The first-order chi connectivity index (χ1) is 10.3. The summed E-state index contributed by atoms with van der Waals surface area (Å²) < 4.78 is 0. The molecule has 0 heterocycles. The highest BCUT2D eigenvalue weighted by atomic mass is 14.4. The van der Waals surface area contributed by atoms with Crippen molar-refractivity contribution in [1.29, 1.82) is 0 Å². The molecule has 0 bridgehead atoms. The Labute approximate surface area is 133 Å². The van der Waals surface area contributed by atoms with Gasteiger partial charge < -0.3 is 0 Å². The summed E-state index contributed by atoms with van der Waals surface area (Å²) in [5, 5.41) is 0. The molecule has 0 unspecified atom stereocenters. The zero-order valence-corrected chi connectivity index (χ0v) is 14.7. The molecule has 0 spiro atoms. The molecule has 3 aliphatic carbocycles. The van der Waals surface area contributed by atoms with Crippen LogP contribution in [-0.2, 0) is 0 Å². The van der Waals surface area contributed by atoms with E-state index in [-0.39, 0.29) is 0 Å². The van der Waals surface area contributed by atoms with Crippen LogP contribution in [0.15, 0.2) is 0 Å². The molecular formula is C21H38. The van der Waals surface area contributed by atoms with E-state index in [1.54, 1.807) is 64.2 Å². The predicted octanol–water partition coefficient (Wildman–Crippen LogP) is 6.84. The van der Waals surface area contributed by atoms with E-state index >= 15 is 0 Å². The van der Waals surface area contributed by atoms with Gasteiger partial charge in [0, 0.05) is 0 Å². The van der Waals surface area contributed by atoms with Gasteiger partial charge in [0.25, 0.3) is 0 Å². The number of hydrogen-bond acceptors (Lipinski definition) is 0. The molecule has 0 aliphatic heterocycles. The van der Waals surface area contributed by atoms with Crippen LogP contribution in [0.2, 0.25) is 0 Å². The van der Waals surface area contributed by atoms with Gasteiger partial charge in [-0.25, -0.2) is 0 Å². The Bertz CT molecular complexity index is 283. The zero-order chi connectivity index (χ0) is 14.7. The van der Waals surface area contributed by atoms with Gasteiger partial charge in [0.1, 0.15) is 0 Å². The van der Waals surface area contributed by atoms with Gasteiger partial charge in [0.15, 0.2) is 0 Å². The minimum Gasteiger partial charge on any atom is -0.0651 e. The molecule has 3 fully saturated rings. The van der Waals surface area contributed by atoms with Crippen LogP contribution in [-0.4, -0.2) is 0 Å². The van der Waals surface area contributed by atoms with Gasteiger partial charge in [-0.1, -0.05) is 46.0 Å². The van der Waals surface area contributed by atoms with Gasteiger partial charge in [0.2, 0.25) is 0 Å². The molecule has 0 atom stereocenters. The molecule has 0 N–H and O–H groups in total. The van der Waals surface area contributed by atoms with Crippen molar-refractivity contribution in [3.05, 3.63) is 0 Å². The van der Waals surface area contributed by atoms with Crippen LogP contribution in [0.3, 0.4) is 0 Å². The second-order valence-electron chi connectivity index (χ2n) is 8.88. The molecule has 122 valence electrons. The standard InChI is InChI=1S/C21H38/c1-3-17-6-10-19(11-7-17)21-14-12-20(13-15-21)18-8-4-16(2)5-9-18/h16-21H,3-15H2,1-2H3. The summed E-state index contributed by atoms with van der Waals surface area (Å²) in [6.07, 6.45) is 20.1. The first-order valence-corrected chi connectivity index (χ1v) is 10.3. The van der Waals surface area contributed by atoms with Crippen molar-refractivity contribution < 1.29 is 0 Å². The fourth-order valence-corrected chi connectivity index (χ4v) is 5.91. The number of rotatable bonds is 3. The quantitative estimate of drug-likeness (QED) is 0.534. The predicted molar refractivity (Wildman–Crippen MR) is 92.3 cm³/mol. The van der Waals surface area contributed by atoms with Crippen molar-refractivity contribution in [2.45, 2.75) is 97.3 Å². The van der Waals surface area contributed by atoms with Crippen molar-refractivity contribution in [3.8, 4) is 0 Å². The highest BCUT2D eigenvalue weighted by Gasteiger charge is 2.33. The molecule has 3 rings (SSSR count). The third-order valence-corrected chi connectivity index (χ3v) is 7.68. The maximum atomic E-state index is 2.46. The minimum atomic E-state index is 1.02. The van der Waals surface area contributed by atoms with E-state index in [4.69, 9.17) is 0 Å².